The highest BCUT2D eigenvalue weighted by atomic mass is 32.2. The average molecular weight is 439 g/mol. The van der Waals surface area contributed by atoms with E-state index in [1.54, 1.807) is 66.7 Å². The molecule has 3 aromatic carbocycles. The highest BCUT2D eigenvalue weighted by Gasteiger charge is 2.25. The first-order valence-electron chi connectivity index (χ1n) is 9.43. The molecule has 0 saturated carbocycles. The molecule has 0 bridgehead atoms. The van der Waals surface area contributed by atoms with Crippen molar-refractivity contribution in [1.82, 2.24) is 0 Å². The van der Waals surface area contributed by atoms with Crippen LogP contribution in [-0.2, 0) is 14.8 Å². The number of carbonyl (C=O) groups is 2. The molecule has 0 heterocycles. The second kappa shape index (κ2) is 9.44. The lowest BCUT2D eigenvalue weighted by Crippen LogP contribution is -2.28. The van der Waals surface area contributed by atoms with E-state index in [1.165, 1.54) is 26.3 Å². The summed E-state index contributed by atoms with van der Waals surface area (Å²) in [6, 6.07) is 21.1. The zero-order valence-corrected chi connectivity index (χ0v) is 17.9. The minimum Gasteiger partial charge on any atom is -0.497 e. The fourth-order valence-corrected chi connectivity index (χ4v) is 4.28. The van der Waals surface area contributed by atoms with Crippen LogP contribution in [0.4, 0.5) is 11.4 Å². The molecular formula is C23H22N2O5S. The summed E-state index contributed by atoms with van der Waals surface area (Å²) in [4.78, 5) is 24.8. The molecule has 0 spiro atoms. The number of methoxy groups -OCH3 is 1. The molecule has 0 aliphatic heterocycles. The average Bonchev–Trinajstić information content (AvgIpc) is 2.79. The SMILES string of the molecule is COc1ccc(C(=O)CC(=O)Nc2ccccc2S(=O)(=O)N(C)c2ccccc2)cc1. The molecule has 31 heavy (non-hydrogen) atoms. The van der Waals surface area contributed by atoms with Gasteiger partial charge in [-0.3, -0.25) is 13.9 Å². The number of ether oxygens (including phenoxy) is 1. The molecule has 7 nitrogen and oxygen atoms in total. The third-order valence-corrected chi connectivity index (χ3v) is 6.50. The number of rotatable bonds is 8. The molecule has 0 atom stereocenters. The van der Waals surface area contributed by atoms with Gasteiger partial charge < -0.3 is 10.1 Å². The molecule has 0 aromatic heterocycles. The van der Waals surface area contributed by atoms with E-state index in [9.17, 15) is 18.0 Å². The van der Waals surface area contributed by atoms with E-state index in [2.05, 4.69) is 5.32 Å². The van der Waals surface area contributed by atoms with Gasteiger partial charge in [-0.1, -0.05) is 30.3 Å². The maximum absolute atomic E-state index is 13.1. The molecule has 0 radical (unpaired) electrons. The number of anilines is 2. The van der Waals surface area contributed by atoms with Crippen molar-refractivity contribution in [3.63, 3.8) is 0 Å². The lowest BCUT2D eigenvalue weighted by molar-refractivity contribution is -0.115. The first-order valence-corrected chi connectivity index (χ1v) is 10.9. The van der Waals surface area contributed by atoms with E-state index in [0.717, 1.165) is 4.31 Å². The van der Waals surface area contributed by atoms with Crippen molar-refractivity contribution in [1.29, 1.82) is 0 Å². The zero-order chi connectivity index (χ0) is 22.4. The molecule has 3 rings (SSSR count). The van der Waals surface area contributed by atoms with Gasteiger partial charge in [0.1, 0.15) is 10.6 Å². The monoisotopic (exact) mass is 438 g/mol. The van der Waals surface area contributed by atoms with Gasteiger partial charge in [-0.15, -0.1) is 0 Å². The molecule has 3 aromatic rings. The number of para-hydroxylation sites is 2. The zero-order valence-electron chi connectivity index (χ0n) is 17.1. The molecule has 1 N–H and O–H groups in total. The Morgan fingerprint density at radius 3 is 2.16 bits per heavy atom. The normalized spacial score (nSPS) is 10.9. The molecule has 0 unspecified atom stereocenters. The summed E-state index contributed by atoms with van der Waals surface area (Å²) in [5.41, 5.74) is 0.955. The van der Waals surface area contributed by atoms with Crippen LogP contribution in [-0.4, -0.2) is 34.3 Å². The van der Waals surface area contributed by atoms with Gasteiger partial charge in [-0.25, -0.2) is 8.42 Å². The molecule has 0 aliphatic carbocycles. The van der Waals surface area contributed by atoms with Gasteiger partial charge in [0.2, 0.25) is 5.91 Å². The molecule has 0 fully saturated rings. The Labute approximate surface area is 181 Å². The maximum atomic E-state index is 13.1. The molecule has 1 amide bonds. The van der Waals surface area contributed by atoms with Crippen molar-refractivity contribution in [2.45, 2.75) is 11.3 Å². The van der Waals surface area contributed by atoms with E-state index in [0.29, 0.717) is 17.0 Å². The topological polar surface area (TPSA) is 92.8 Å². The van der Waals surface area contributed by atoms with E-state index >= 15 is 0 Å². The van der Waals surface area contributed by atoms with Crippen molar-refractivity contribution < 1.29 is 22.7 Å². The summed E-state index contributed by atoms with van der Waals surface area (Å²) >= 11 is 0. The van der Waals surface area contributed by atoms with Crippen LogP contribution in [0.1, 0.15) is 16.8 Å². The number of benzene rings is 3. The molecule has 0 aliphatic rings. The molecule has 0 saturated heterocycles. The number of amides is 1. The standard InChI is InChI=1S/C23H22N2O5S/c1-25(18-8-4-3-5-9-18)31(28,29)22-11-7-6-10-20(22)24-23(27)16-21(26)17-12-14-19(30-2)15-13-17/h3-15H,16H2,1-2H3,(H,24,27). The second-order valence-electron chi connectivity index (χ2n) is 6.68. The summed E-state index contributed by atoms with van der Waals surface area (Å²) < 4.78 is 32.5. The van der Waals surface area contributed by atoms with Crippen molar-refractivity contribution in [2.75, 3.05) is 23.8 Å². The van der Waals surface area contributed by atoms with Crippen LogP contribution < -0.4 is 14.4 Å². The van der Waals surface area contributed by atoms with Gasteiger partial charge >= 0.3 is 0 Å². The fraction of sp³-hybridized carbons (Fsp3) is 0.130. The summed E-state index contributed by atoms with van der Waals surface area (Å²) in [6.07, 6.45) is -0.421. The molecule has 160 valence electrons. The smallest absolute Gasteiger partial charge is 0.266 e. The Bertz CT molecular complexity index is 1180. The van der Waals surface area contributed by atoms with E-state index < -0.39 is 22.4 Å². The van der Waals surface area contributed by atoms with Crippen molar-refractivity contribution >= 4 is 33.1 Å². The number of Topliss-reactive ketones (excluding diaryl/α,β-unsaturated/α-hetero) is 1. The number of sulfonamides is 1. The summed E-state index contributed by atoms with van der Waals surface area (Å²) in [7, 11) is -0.977. The summed E-state index contributed by atoms with van der Waals surface area (Å²) in [5.74, 6) is -0.393. The first-order chi connectivity index (χ1) is 14.8. The predicted octanol–water partition coefficient (Wildman–Crippen LogP) is 3.73. The van der Waals surface area contributed by atoms with Crippen LogP contribution in [0.15, 0.2) is 83.8 Å². The maximum Gasteiger partial charge on any atom is 0.266 e. The van der Waals surface area contributed by atoms with Crippen molar-refractivity contribution in [2.24, 2.45) is 0 Å². The van der Waals surface area contributed by atoms with Crippen LogP contribution in [0.3, 0.4) is 0 Å². The van der Waals surface area contributed by atoms with Crippen LogP contribution >= 0.6 is 0 Å². The van der Waals surface area contributed by atoms with E-state index in [4.69, 9.17) is 4.74 Å². The number of carbonyl (C=O) groups excluding carboxylic acids is 2. The lowest BCUT2D eigenvalue weighted by Gasteiger charge is -2.21. The van der Waals surface area contributed by atoms with Gasteiger partial charge in [0, 0.05) is 12.6 Å². The largest absolute Gasteiger partial charge is 0.497 e. The highest BCUT2D eigenvalue weighted by Crippen LogP contribution is 2.27. The second-order valence-corrected chi connectivity index (χ2v) is 8.62. The van der Waals surface area contributed by atoms with Crippen LogP contribution in [0.5, 0.6) is 5.75 Å². The van der Waals surface area contributed by atoms with Gasteiger partial charge in [0.05, 0.1) is 24.9 Å². The third-order valence-electron chi connectivity index (χ3n) is 4.65. The third kappa shape index (κ3) is 5.10. The lowest BCUT2D eigenvalue weighted by atomic mass is 10.1. The Morgan fingerprint density at radius 1 is 0.903 bits per heavy atom. The summed E-state index contributed by atoms with van der Waals surface area (Å²) in [5, 5.41) is 2.56. The fourth-order valence-electron chi connectivity index (χ4n) is 2.94. The Morgan fingerprint density at radius 2 is 1.52 bits per heavy atom. The minimum atomic E-state index is -3.94. The van der Waals surface area contributed by atoms with Gasteiger partial charge in [-0.05, 0) is 48.5 Å². The number of ketones is 1. The van der Waals surface area contributed by atoms with Crippen LogP contribution in [0.2, 0.25) is 0 Å². The van der Waals surface area contributed by atoms with Crippen LogP contribution in [0, 0.1) is 0 Å². The van der Waals surface area contributed by atoms with Crippen LogP contribution in [0.25, 0.3) is 0 Å². The van der Waals surface area contributed by atoms with Crippen molar-refractivity contribution in [3.8, 4) is 5.75 Å². The highest BCUT2D eigenvalue weighted by molar-refractivity contribution is 7.93. The van der Waals surface area contributed by atoms with Gasteiger partial charge in [-0.2, -0.15) is 0 Å². The van der Waals surface area contributed by atoms with E-state index in [1.807, 2.05) is 0 Å². The number of hydrogen-bond acceptors (Lipinski definition) is 5. The minimum absolute atomic E-state index is 0.0633. The Balaban J connectivity index is 1.78. The summed E-state index contributed by atoms with van der Waals surface area (Å²) in [6.45, 7) is 0. The molecule has 8 heteroatoms. The first kappa shape index (κ1) is 22.0. The Hall–Kier alpha value is -3.65. The number of hydrogen-bond donors (Lipinski definition) is 1. The van der Waals surface area contributed by atoms with Crippen molar-refractivity contribution in [3.05, 3.63) is 84.4 Å². The number of nitrogens with zero attached hydrogens (tertiary/aromatic N) is 1. The number of nitrogens with one attached hydrogen (secondary N) is 1. The van der Waals surface area contributed by atoms with E-state index in [-0.39, 0.29) is 16.4 Å². The predicted molar refractivity (Wildman–Crippen MR) is 119 cm³/mol. The van der Waals surface area contributed by atoms with Gasteiger partial charge in [0.25, 0.3) is 10.0 Å². The molecular weight excluding hydrogens is 416 g/mol. The van der Waals surface area contributed by atoms with Gasteiger partial charge in [0.15, 0.2) is 5.78 Å². The Kier molecular flexibility index (Phi) is 6.71. The quantitative estimate of drug-likeness (QED) is 0.427.